The lowest BCUT2D eigenvalue weighted by Gasteiger charge is -2.33. The Labute approximate surface area is 228 Å². The van der Waals surface area contributed by atoms with Crippen molar-refractivity contribution in [3.05, 3.63) is 80.7 Å². The first-order valence-electron chi connectivity index (χ1n) is 12.8. The third-order valence-electron chi connectivity index (χ3n) is 7.49. The van der Waals surface area contributed by atoms with Gasteiger partial charge >= 0.3 is 0 Å². The van der Waals surface area contributed by atoms with Crippen LogP contribution in [0.2, 0.25) is 5.02 Å². The highest BCUT2D eigenvalue weighted by atomic mass is 35.5. The number of pyridine rings is 1. The Bertz CT molecular complexity index is 1600. The fraction of sp³-hybridized carbons (Fsp3) is 0.286. The number of likely N-dealkylation sites (tertiary alicyclic amines) is 1. The molecule has 1 fully saturated rings. The number of aliphatic hydroxyl groups is 1. The van der Waals surface area contributed by atoms with Gasteiger partial charge in [0.15, 0.2) is 0 Å². The van der Waals surface area contributed by atoms with Crippen molar-refractivity contribution < 1.29 is 14.7 Å². The number of hydrogen-bond donors (Lipinski definition) is 4. The SMILES string of the molecule is CN1CCC(N2C(=O)c3cc4nc(-c5c(NCC(O)c6cccc(Cl)c6)cc[nH]c5=O)[nH]c4cc3C2=O)CC1. The van der Waals surface area contributed by atoms with Gasteiger partial charge in [-0.25, -0.2) is 4.98 Å². The molecule has 4 N–H and O–H groups in total. The lowest BCUT2D eigenvalue weighted by Crippen LogP contribution is -2.46. The van der Waals surface area contributed by atoms with Gasteiger partial charge in [0.25, 0.3) is 17.4 Å². The number of nitrogens with one attached hydrogen (secondary N) is 3. The van der Waals surface area contributed by atoms with Crippen molar-refractivity contribution in [3.8, 4) is 11.4 Å². The molecule has 2 aromatic carbocycles. The summed E-state index contributed by atoms with van der Waals surface area (Å²) in [6, 6.07) is 11.8. The summed E-state index contributed by atoms with van der Waals surface area (Å²) in [6.07, 6.45) is 2.15. The van der Waals surface area contributed by atoms with Gasteiger partial charge in [-0.15, -0.1) is 0 Å². The molecule has 39 heavy (non-hydrogen) atoms. The second kappa shape index (κ2) is 9.96. The van der Waals surface area contributed by atoms with Crippen LogP contribution >= 0.6 is 11.6 Å². The normalized spacial score (nSPS) is 17.2. The third kappa shape index (κ3) is 4.60. The molecular weight excluding hydrogens is 520 g/mol. The van der Waals surface area contributed by atoms with Gasteiger partial charge in [-0.1, -0.05) is 23.7 Å². The number of fused-ring (bicyclic) bond motifs is 2. The smallest absolute Gasteiger partial charge is 0.261 e. The van der Waals surface area contributed by atoms with Crippen molar-refractivity contribution in [2.24, 2.45) is 0 Å². The lowest BCUT2D eigenvalue weighted by atomic mass is 10.0. The molecule has 0 spiro atoms. The van der Waals surface area contributed by atoms with E-state index in [0.29, 0.717) is 38.4 Å². The number of imide groups is 1. The van der Waals surface area contributed by atoms with Gasteiger partial charge < -0.3 is 25.3 Å². The van der Waals surface area contributed by atoms with Crippen LogP contribution in [0.4, 0.5) is 5.69 Å². The molecule has 2 aliphatic rings. The number of anilines is 1. The van der Waals surface area contributed by atoms with Crippen molar-refractivity contribution in [1.82, 2.24) is 24.8 Å². The Morgan fingerprint density at radius 2 is 1.85 bits per heavy atom. The van der Waals surface area contributed by atoms with E-state index in [-0.39, 0.29) is 41.3 Å². The van der Waals surface area contributed by atoms with Gasteiger partial charge in [-0.05, 0) is 68.9 Å². The van der Waals surface area contributed by atoms with Crippen LogP contribution in [0.3, 0.4) is 0 Å². The van der Waals surface area contributed by atoms with E-state index in [0.717, 1.165) is 25.9 Å². The predicted octanol–water partition coefficient (Wildman–Crippen LogP) is 3.41. The zero-order valence-corrected chi connectivity index (χ0v) is 22.0. The number of aromatic nitrogens is 3. The molecule has 0 radical (unpaired) electrons. The number of hydrogen-bond acceptors (Lipinski definition) is 7. The number of H-pyrrole nitrogens is 2. The second-order valence-electron chi connectivity index (χ2n) is 10.1. The number of carbonyl (C=O) groups excluding carboxylic acids is 2. The molecule has 0 aliphatic carbocycles. The summed E-state index contributed by atoms with van der Waals surface area (Å²) < 4.78 is 0. The van der Waals surface area contributed by atoms with E-state index in [9.17, 15) is 19.5 Å². The maximum Gasteiger partial charge on any atom is 0.261 e. The van der Waals surface area contributed by atoms with E-state index in [1.165, 1.54) is 11.1 Å². The number of benzene rings is 2. The summed E-state index contributed by atoms with van der Waals surface area (Å²) >= 11 is 6.04. The van der Waals surface area contributed by atoms with E-state index in [1.807, 2.05) is 7.05 Å². The van der Waals surface area contributed by atoms with Crippen LogP contribution < -0.4 is 10.9 Å². The van der Waals surface area contributed by atoms with Crippen LogP contribution in [0.15, 0.2) is 53.5 Å². The Kier molecular flexibility index (Phi) is 6.46. The molecule has 6 rings (SSSR count). The van der Waals surface area contributed by atoms with Crippen molar-refractivity contribution in [2.75, 3.05) is 32.0 Å². The Morgan fingerprint density at radius 3 is 2.59 bits per heavy atom. The van der Waals surface area contributed by atoms with Crippen LogP contribution in [0.25, 0.3) is 22.4 Å². The number of amides is 2. The first kappa shape index (κ1) is 25.3. The molecule has 1 atom stereocenters. The fourth-order valence-electron chi connectivity index (χ4n) is 5.36. The minimum atomic E-state index is -0.862. The molecule has 200 valence electrons. The maximum absolute atomic E-state index is 13.3. The summed E-state index contributed by atoms with van der Waals surface area (Å²) in [5, 5.41) is 14.3. The third-order valence-corrected chi connectivity index (χ3v) is 7.72. The molecular formula is C28H27ClN6O4. The number of halogens is 1. The van der Waals surface area contributed by atoms with E-state index in [1.54, 1.807) is 42.5 Å². The van der Waals surface area contributed by atoms with Gasteiger partial charge in [0, 0.05) is 23.8 Å². The summed E-state index contributed by atoms with van der Waals surface area (Å²) in [7, 11) is 2.03. The zero-order valence-electron chi connectivity index (χ0n) is 21.2. The van der Waals surface area contributed by atoms with Gasteiger partial charge in [-0.2, -0.15) is 0 Å². The molecule has 0 bridgehead atoms. The van der Waals surface area contributed by atoms with Crippen LogP contribution in [0.5, 0.6) is 0 Å². The standard InChI is InChI=1S/C28H27ClN6O4/c1-34-9-6-17(7-10-34)35-27(38)18-12-21-22(13-19(18)28(35)39)33-25(32-21)24-20(5-8-30-26(24)37)31-14-23(36)15-3-2-4-16(29)11-15/h2-5,8,11-13,17,23,36H,6-7,9-10,14H2,1H3,(H,32,33)(H2,30,31,37). The largest absolute Gasteiger partial charge is 0.387 e. The molecule has 2 aromatic heterocycles. The first-order valence-corrected chi connectivity index (χ1v) is 13.2. The minimum Gasteiger partial charge on any atom is -0.387 e. The van der Waals surface area contributed by atoms with Crippen molar-refractivity contribution >= 4 is 40.1 Å². The van der Waals surface area contributed by atoms with Crippen LogP contribution in [0, 0.1) is 0 Å². The topological polar surface area (TPSA) is 134 Å². The number of piperidine rings is 1. The Balaban J connectivity index is 1.29. The molecule has 1 unspecified atom stereocenters. The molecule has 4 heterocycles. The number of rotatable bonds is 6. The van der Waals surface area contributed by atoms with Gasteiger partial charge in [0.2, 0.25) is 0 Å². The molecule has 2 amide bonds. The highest BCUT2D eigenvalue weighted by Crippen LogP contribution is 2.33. The predicted molar refractivity (Wildman–Crippen MR) is 148 cm³/mol. The number of nitrogens with zero attached hydrogens (tertiary/aromatic N) is 3. The van der Waals surface area contributed by atoms with E-state index in [2.05, 4.69) is 25.2 Å². The maximum atomic E-state index is 13.3. The monoisotopic (exact) mass is 546 g/mol. The number of carbonyl (C=O) groups is 2. The number of aromatic amines is 2. The number of imidazole rings is 1. The summed E-state index contributed by atoms with van der Waals surface area (Å²) in [6.45, 7) is 1.80. The molecule has 1 saturated heterocycles. The van der Waals surface area contributed by atoms with Crippen LogP contribution in [-0.2, 0) is 0 Å². The number of aliphatic hydroxyl groups excluding tert-OH is 1. The molecule has 11 heteroatoms. The molecule has 10 nitrogen and oxygen atoms in total. The second-order valence-corrected chi connectivity index (χ2v) is 10.5. The zero-order chi connectivity index (χ0) is 27.3. The Hall–Kier alpha value is -3.99. The Morgan fingerprint density at radius 1 is 1.10 bits per heavy atom. The minimum absolute atomic E-state index is 0.116. The summed E-state index contributed by atoms with van der Waals surface area (Å²) in [5.41, 5.74) is 2.66. The molecule has 4 aromatic rings. The van der Waals surface area contributed by atoms with Crippen LogP contribution in [0.1, 0.15) is 45.2 Å². The first-order chi connectivity index (χ1) is 18.8. The van der Waals surface area contributed by atoms with E-state index in [4.69, 9.17) is 11.6 Å². The fourth-order valence-corrected chi connectivity index (χ4v) is 5.56. The van der Waals surface area contributed by atoms with Crippen molar-refractivity contribution in [2.45, 2.75) is 25.0 Å². The van der Waals surface area contributed by atoms with Gasteiger partial charge in [0.1, 0.15) is 11.4 Å². The average Bonchev–Trinajstić information content (AvgIpc) is 3.44. The van der Waals surface area contributed by atoms with Gasteiger partial charge in [-0.3, -0.25) is 19.3 Å². The highest BCUT2D eigenvalue weighted by molar-refractivity contribution is 6.30. The quantitative estimate of drug-likeness (QED) is 0.272. The van der Waals surface area contributed by atoms with E-state index >= 15 is 0 Å². The van der Waals surface area contributed by atoms with Crippen LogP contribution in [-0.4, -0.2) is 74.4 Å². The van der Waals surface area contributed by atoms with Crippen molar-refractivity contribution in [3.63, 3.8) is 0 Å². The molecule has 2 aliphatic heterocycles. The summed E-state index contributed by atoms with van der Waals surface area (Å²) in [4.78, 5) is 53.4. The highest BCUT2D eigenvalue weighted by Gasteiger charge is 2.41. The molecule has 0 saturated carbocycles. The average molecular weight is 547 g/mol. The summed E-state index contributed by atoms with van der Waals surface area (Å²) in [5.74, 6) is -0.314. The van der Waals surface area contributed by atoms with E-state index < -0.39 is 6.10 Å². The van der Waals surface area contributed by atoms with Gasteiger partial charge in [0.05, 0.1) is 34.0 Å². The lowest BCUT2D eigenvalue weighted by molar-refractivity contribution is 0.0516. The van der Waals surface area contributed by atoms with Crippen molar-refractivity contribution in [1.29, 1.82) is 0 Å².